The molecule has 100 valence electrons. The largest absolute Gasteiger partial charge is 0.349 e. The summed E-state index contributed by atoms with van der Waals surface area (Å²) in [6, 6.07) is 1.33. The molecule has 0 heterocycles. The van der Waals surface area contributed by atoms with E-state index in [0.717, 1.165) is 12.1 Å². The lowest BCUT2D eigenvalue weighted by Gasteiger charge is -2.15. The van der Waals surface area contributed by atoms with Crippen molar-refractivity contribution in [1.29, 1.82) is 0 Å². The third-order valence-electron chi connectivity index (χ3n) is 2.31. The number of hydrogen-bond donors (Lipinski definition) is 1. The zero-order chi connectivity index (χ0) is 13.9. The van der Waals surface area contributed by atoms with Gasteiger partial charge in [-0.3, -0.25) is 4.79 Å². The summed E-state index contributed by atoms with van der Waals surface area (Å²) in [5.74, 6) is -2.38. The van der Waals surface area contributed by atoms with Crippen LogP contribution < -0.4 is 5.32 Å². The number of amides is 1. The monoisotopic (exact) mass is 295 g/mol. The van der Waals surface area contributed by atoms with Gasteiger partial charge >= 0.3 is 0 Å². The molecule has 1 rings (SSSR count). The van der Waals surface area contributed by atoms with E-state index in [4.69, 9.17) is 23.2 Å². The molecule has 1 aromatic carbocycles. The lowest BCUT2D eigenvalue weighted by molar-refractivity contribution is 0.0934. The molecule has 2 atom stereocenters. The minimum absolute atomic E-state index is 0.118. The van der Waals surface area contributed by atoms with Crippen molar-refractivity contribution in [2.75, 3.05) is 0 Å². The first-order valence-electron chi connectivity index (χ1n) is 5.40. The van der Waals surface area contributed by atoms with Crippen LogP contribution in [-0.2, 0) is 0 Å². The summed E-state index contributed by atoms with van der Waals surface area (Å²) < 4.78 is 26.6. The van der Waals surface area contributed by atoms with Crippen LogP contribution in [0.15, 0.2) is 12.1 Å². The fourth-order valence-electron chi connectivity index (χ4n) is 1.54. The molecule has 18 heavy (non-hydrogen) atoms. The Morgan fingerprint density at radius 2 is 1.94 bits per heavy atom. The molecule has 2 unspecified atom stereocenters. The van der Waals surface area contributed by atoms with Gasteiger partial charge in [0.15, 0.2) is 0 Å². The van der Waals surface area contributed by atoms with E-state index in [1.54, 1.807) is 13.8 Å². The number of rotatable bonds is 4. The summed E-state index contributed by atoms with van der Waals surface area (Å²) in [5.41, 5.74) is -0.369. The molecule has 2 nitrogen and oxygen atoms in total. The molecule has 0 aromatic heterocycles. The van der Waals surface area contributed by atoms with Gasteiger partial charge in [0.25, 0.3) is 5.91 Å². The SMILES string of the molecule is CC(Cl)CC(C)NC(=O)c1cc(F)c(Cl)cc1F. The van der Waals surface area contributed by atoms with Gasteiger partial charge in [0.1, 0.15) is 11.6 Å². The summed E-state index contributed by atoms with van der Waals surface area (Å²) in [4.78, 5) is 11.7. The highest BCUT2D eigenvalue weighted by atomic mass is 35.5. The summed E-state index contributed by atoms with van der Waals surface area (Å²) in [6.45, 7) is 3.52. The van der Waals surface area contributed by atoms with Crippen molar-refractivity contribution < 1.29 is 13.6 Å². The number of benzene rings is 1. The van der Waals surface area contributed by atoms with Crippen molar-refractivity contribution in [2.45, 2.75) is 31.7 Å². The molecule has 1 N–H and O–H groups in total. The van der Waals surface area contributed by atoms with Crippen molar-refractivity contribution >= 4 is 29.1 Å². The molecule has 0 aliphatic heterocycles. The minimum Gasteiger partial charge on any atom is -0.349 e. The van der Waals surface area contributed by atoms with Crippen molar-refractivity contribution in [3.05, 3.63) is 34.4 Å². The maximum absolute atomic E-state index is 13.5. The number of carbonyl (C=O) groups is 1. The Balaban J connectivity index is 2.82. The van der Waals surface area contributed by atoms with Gasteiger partial charge in [-0.15, -0.1) is 11.6 Å². The second-order valence-corrected chi connectivity index (χ2v) is 5.29. The van der Waals surface area contributed by atoms with Crippen LogP contribution in [0, 0.1) is 11.6 Å². The summed E-state index contributed by atoms with van der Waals surface area (Å²) >= 11 is 11.2. The molecular formula is C12H13Cl2F2NO. The Morgan fingerprint density at radius 3 is 2.50 bits per heavy atom. The smallest absolute Gasteiger partial charge is 0.254 e. The highest BCUT2D eigenvalue weighted by molar-refractivity contribution is 6.30. The van der Waals surface area contributed by atoms with E-state index in [1.165, 1.54) is 0 Å². The first-order chi connectivity index (χ1) is 8.31. The van der Waals surface area contributed by atoms with Crippen LogP contribution in [0.2, 0.25) is 5.02 Å². The van der Waals surface area contributed by atoms with E-state index in [-0.39, 0.29) is 22.0 Å². The van der Waals surface area contributed by atoms with E-state index in [9.17, 15) is 13.6 Å². The molecule has 0 bridgehead atoms. The fourth-order valence-corrected chi connectivity index (χ4v) is 1.96. The maximum Gasteiger partial charge on any atom is 0.254 e. The quantitative estimate of drug-likeness (QED) is 0.665. The summed E-state index contributed by atoms with van der Waals surface area (Å²) in [6.07, 6.45) is 0.533. The summed E-state index contributed by atoms with van der Waals surface area (Å²) in [7, 11) is 0. The van der Waals surface area contributed by atoms with Crippen LogP contribution in [-0.4, -0.2) is 17.3 Å². The van der Waals surface area contributed by atoms with Crippen LogP contribution in [0.1, 0.15) is 30.6 Å². The lowest BCUT2D eigenvalue weighted by atomic mass is 10.1. The van der Waals surface area contributed by atoms with Gasteiger partial charge in [-0.25, -0.2) is 8.78 Å². The van der Waals surface area contributed by atoms with Gasteiger partial charge < -0.3 is 5.32 Å². The predicted octanol–water partition coefficient (Wildman–Crippen LogP) is 3.75. The van der Waals surface area contributed by atoms with Gasteiger partial charge in [-0.2, -0.15) is 0 Å². The molecule has 6 heteroatoms. The number of alkyl halides is 1. The Morgan fingerprint density at radius 1 is 1.33 bits per heavy atom. The van der Waals surface area contributed by atoms with Gasteiger partial charge in [0.2, 0.25) is 0 Å². The molecule has 0 fully saturated rings. The minimum atomic E-state index is -0.856. The molecular weight excluding hydrogens is 283 g/mol. The standard InChI is InChI=1S/C12H13Cl2F2NO/c1-6(13)3-7(2)17-12(18)8-4-11(16)9(14)5-10(8)15/h4-7H,3H2,1-2H3,(H,17,18). The molecule has 1 amide bonds. The Hall–Kier alpha value is -0.870. The zero-order valence-corrected chi connectivity index (χ0v) is 11.4. The lowest BCUT2D eigenvalue weighted by Crippen LogP contribution is -2.34. The second kappa shape index (κ2) is 6.34. The normalized spacial score (nSPS) is 14.1. The van der Waals surface area contributed by atoms with E-state index in [2.05, 4.69) is 5.32 Å². The van der Waals surface area contributed by atoms with Crippen LogP contribution in [0.25, 0.3) is 0 Å². The third kappa shape index (κ3) is 4.10. The van der Waals surface area contributed by atoms with Crippen molar-refractivity contribution in [3.8, 4) is 0 Å². The van der Waals surface area contributed by atoms with Gasteiger partial charge in [0, 0.05) is 11.4 Å². The number of hydrogen-bond acceptors (Lipinski definition) is 1. The molecule has 0 spiro atoms. The van der Waals surface area contributed by atoms with Gasteiger partial charge in [-0.1, -0.05) is 11.6 Å². The van der Waals surface area contributed by atoms with Crippen LogP contribution in [0.5, 0.6) is 0 Å². The van der Waals surface area contributed by atoms with E-state index in [1.807, 2.05) is 0 Å². The van der Waals surface area contributed by atoms with E-state index >= 15 is 0 Å². The zero-order valence-electron chi connectivity index (χ0n) is 9.94. The highest BCUT2D eigenvalue weighted by Crippen LogP contribution is 2.19. The van der Waals surface area contributed by atoms with Crippen molar-refractivity contribution in [3.63, 3.8) is 0 Å². The van der Waals surface area contributed by atoms with E-state index < -0.39 is 17.5 Å². The maximum atomic E-state index is 13.5. The van der Waals surface area contributed by atoms with E-state index in [0.29, 0.717) is 6.42 Å². The summed E-state index contributed by atoms with van der Waals surface area (Å²) in [5, 5.41) is 2.07. The average Bonchev–Trinajstić information content (AvgIpc) is 2.21. The molecule has 0 saturated carbocycles. The number of carbonyl (C=O) groups excluding carboxylic acids is 1. The predicted molar refractivity (Wildman–Crippen MR) is 68.2 cm³/mol. The number of nitrogens with one attached hydrogen (secondary N) is 1. The third-order valence-corrected chi connectivity index (χ3v) is 2.78. The van der Waals surface area contributed by atoms with Gasteiger partial charge in [-0.05, 0) is 32.4 Å². The molecule has 0 saturated heterocycles. The first kappa shape index (κ1) is 15.2. The average molecular weight is 296 g/mol. The molecule has 0 aliphatic rings. The Kier molecular flexibility index (Phi) is 5.35. The van der Waals surface area contributed by atoms with Crippen LogP contribution in [0.4, 0.5) is 8.78 Å². The number of halogens is 4. The molecule has 0 radical (unpaired) electrons. The Labute approximate surface area is 114 Å². The first-order valence-corrected chi connectivity index (χ1v) is 6.22. The fraction of sp³-hybridized carbons (Fsp3) is 0.417. The second-order valence-electron chi connectivity index (χ2n) is 4.14. The van der Waals surface area contributed by atoms with Crippen LogP contribution >= 0.6 is 23.2 Å². The van der Waals surface area contributed by atoms with Gasteiger partial charge in [0.05, 0.1) is 10.6 Å². The van der Waals surface area contributed by atoms with Crippen LogP contribution in [0.3, 0.4) is 0 Å². The highest BCUT2D eigenvalue weighted by Gasteiger charge is 2.17. The van der Waals surface area contributed by atoms with Crippen molar-refractivity contribution in [2.24, 2.45) is 0 Å². The molecule has 0 aliphatic carbocycles. The van der Waals surface area contributed by atoms with Crippen molar-refractivity contribution in [1.82, 2.24) is 5.32 Å². The molecule has 1 aromatic rings. The Bertz CT molecular complexity index is 452. The topological polar surface area (TPSA) is 29.1 Å².